The molecule has 0 aliphatic carbocycles. The second kappa shape index (κ2) is 8.75. The van der Waals surface area contributed by atoms with Gasteiger partial charge in [0.2, 0.25) is 0 Å². The summed E-state index contributed by atoms with van der Waals surface area (Å²) in [5.74, 6) is 0.114. The number of halogens is 1. The van der Waals surface area contributed by atoms with Gasteiger partial charge in [-0.25, -0.2) is 0 Å². The lowest BCUT2D eigenvalue weighted by Crippen LogP contribution is -2.47. The third-order valence-corrected chi connectivity index (χ3v) is 5.16. The van der Waals surface area contributed by atoms with Crippen molar-refractivity contribution in [2.75, 3.05) is 33.4 Å². The van der Waals surface area contributed by atoms with Crippen molar-refractivity contribution in [3.05, 3.63) is 40.9 Å². The van der Waals surface area contributed by atoms with Gasteiger partial charge in [-0.15, -0.1) is 0 Å². The van der Waals surface area contributed by atoms with Crippen molar-refractivity contribution in [1.82, 2.24) is 4.90 Å². The highest BCUT2D eigenvalue weighted by Gasteiger charge is 2.50. The van der Waals surface area contributed by atoms with Crippen molar-refractivity contribution in [2.24, 2.45) is 5.41 Å². The van der Waals surface area contributed by atoms with Crippen molar-refractivity contribution in [2.45, 2.75) is 46.5 Å². The summed E-state index contributed by atoms with van der Waals surface area (Å²) in [5.41, 5.74) is 1.02. The topological polar surface area (TPSA) is 30.9 Å². The van der Waals surface area contributed by atoms with Crippen LogP contribution in [0, 0.1) is 5.41 Å². The summed E-state index contributed by atoms with van der Waals surface area (Å²) in [5, 5.41) is 0.700. The number of hydrogen-bond acceptors (Lipinski definition) is 4. The maximum Gasteiger partial charge on any atom is 0.174 e. The van der Waals surface area contributed by atoms with Gasteiger partial charge in [-0.3, -0.25) is 0 Å². The van der Waals surface area contributed by atoms with E-state index in [0.717, 1.165) is 18.8 Å². The molecule has 1 saturated heterocycles. The monoisotopic (exact) mass is 381 g/mol. The van der Waals surface area contributed by atoms with E-state index < -0.39 is 5.79 Å². The van der Waals surface area contributed by atoms with E-state index in [1.807, 2.05) is 31.2 Å². The molecule has 5 heteroatoms. The molecule has 1 aromatic rings. The fourth-order valence-electron chi connectivity index (χ4n) is 2.77. The van der Waals surface area contributed by atoms with Gasteiger partial charge in [-0.05, 0) is 52.1 Å². The predicted octanol–water partition coefficient (Wildman–Crippen LogP) is 4.77. The molecule has 0 N–H and O–H groups in total. The standard InChI is InChI=1S/C21H32ClNO3/c1-16(2)11-12-23(6)13-19-14-25-21(5,26-19)20(3,4)15-24-18-9-7-17(22)8-10-18/h7-11,19H,12-15H2,1-6H3. The second-order valence-corrected chi connectivity index (χ2v) is 8.56. The fraction of sp³-hybridized carbons (Fsp3) is 0.619. The maximum absolute atomic E-state index is 6.31. The van der Waals surface area contributed by atoms with Gasteiger partial charge in [-0.1, -0.05) is 37.1 Å². The molecule has 0 saturated carbocycles. The van der Waals surface area contributed by atoms with Crippen LogP contribution in [-0.4, -0.2) is 50.1 Å². The molecule has 2 rings (SSSR count). The summed E-state index contributed by atoms with van der Waals surface area (Å²) in [4.78, 5) is 2.25. The summed E-state index contributed by atoms with van der Waals surface area (Å²) < 4.78 is 18.3. The van der Waals surface area contributed by atoms with E-state index in [9.17, 15) is 0 Å². The Morgan fingerprint density at radius 1 is 1.35 bits per heavy atom. The lowest BCUT2D eigenvalue weighted by molar-refractivity contribution is -0.230. The van der Waals surface area contributed by atoms with Gasteiger partial charge in [0, 0.05) is 18.1 Å². The number of likely N-dealkylation sites (N-methyl/N-ethyl adjacent to an activating group) is 1. The quantitative estimate of drug-likeness (QED) is 0.606. The van der Waals surface area contributed by atoms with Crippen LogP contribution >= 0.6 is 11.6 Å². The van der Waals surface area contributed by atoms with Gasteiger partial charge in [-0.2, -0.15) is 0 Å². The van der Waals surface area contributed by atoms with E-state index in [1.165, 1.54) is 5.57 Å². The first-order valence-electron chi connectivity index (χ1n) is 9.13. The van der Waals surface area contributed by atoms with Crippen LogP contribution in [0.3, 0.4) is 0 Å². The minimum absolute atomic E-state index is 0.0605. The zero-order valence-corrected chi connectivity index (χ0v) is 17.6. The minimum Gasteiger partial charge on any atom is -0.493 e. The molecule has 1 aliphatic heterocycles. The Morgan fingerprint density at radius 2 is 2.00 bits per heavy atom. The first kappa shape index (κ1) is 21.2. The summed E-state index contributed by atoms with van der Waals surface area (Å²) in [7, 11) is 2.10. The second-order valence-electron chi connectivity index (χ2n) is 8.13. The molecule has 146 valence electrons. The summed E-state index contributed by atoms with van der Waals surface area (Å²) in [6, 6.07) is 7.40. The van der Waals surface area contributed by atoms with Gasteiger partial charge in [0.1, 0.15) is 5.75 Å². The normalized spacial score (nSPS) is 23.3. The van der Waals surface area contributed by atoms with Crippen LogP contribution in [0.25, 0.3) is 0 Å². The molecule has 1 aliphatic rings. The maximum atomic E-state index is 6.31. The zero-order valence-electron chi connectivity index (χ0n) is 16.8. The van der Waals surface area contributed by atoms with E-state index >= 15 is 0 Å². The number of rotatable bonds is 8. The first-order chi connectivity index (χ1) is 12.1. The Hall–Kier alpha value is -1.07. The summed E-state index contributed by atoms with van der Waals surface area (Å²) in [6.45, 7) is 13.3. The number of hydrogen-bond donors (Lipinski definition) is 0. The third-order valence-electron chi connectivity index (χ3n) is 4.91. The molecule has 1 fully saturated rings. The van der Waals surface area contributed by atoms with E-state index in [2.05, 4.69) is 45.7 Å². The Labute approximate surface area is 163 Å². The molecule has 0 aromatic heterocycles. The molecule has 0 amide bonds. The van der Waals surface area contributed by atoms with Crippen LogP contribution < -0.4 is 4.74 Å². The molecule has 2 atom stereocenters. The molecule has 1 heterocycles. The Kier molecular flexibility index (Phi) is 7.14. The molecule has 0 spiro atoms. The smallest absolute Gasteiger partial charge is 0.174 e. The average molecular weight is 382 g/mol. The van der Waals surface area contributed by atoms with Crippen LogP contribution in [0.4, 0.5) is 0 Å². The van der Waals surface area contributed by atoms with E-state index in [0.29, 0.717) is 18.2 Å². The number of nitrogens with zero attached hydrogens (tertiary/aromatic N) is 1. The summed E-state index contributed by atoms with van der Waals surface area (Å²) >= 11 is 5.92. The molecule has 26 heavy (non-hydrogen) atoms. The van der Waals surface area contributed by atoms with E-state index in [4.69, 9.17) is 25.8 Å². The van der Waals surface area contributed by atoms with E-state index in [1.54, 1.807) is 0 Å². The van der Waals surface area contributed by atoms with Crippen molar-refractivity contribution in [1.29, 1.82) is 0 Å². The lowest BCUT2D eigenvalue weighted by Gasteiger charge is -2.39. The fourth-order valence-corrected chi connectivity index (χ4v) is 2.90. The van der Waals surface area contributed by atoms with Gasteiger partial charge in [0.05, 0.1) is 24.7 Å². The van der Waals surface area contributed by atoms with Crippen LogP contribution in [-0.2, 0) is 9.47 Å². The molecule has 1 aromatic carbocycles. The van der Waals surface area contributed by atoms with Crippen LogP contribution in [0.15, 0.2) is 35.9 Å². The van der Waals surface area contributed by atoms with Gasteiger partial charge < -0.3 is 19.1 Å². The lowest BCUT2D eigenvalue weighted by atomic mass is 9.85. The van der Waals surface area contributed by atoms with E-state index in [-0.39, 0.29) is 11.5 Å². The molecule has 2 unspecified atom stereocenters. The Bertz CT molecular complexity index is 610. The Morgan fingerprint density at radius 3 is 2.62 bits per heavy atom. The van der Waals surface area contributed by atoms with Gasteiger partial charge >= 0.3 is 0 Å². The van der Waals surface area contributed by atoms with Crippen molar-refractivity contribution >= 4 is 11.6 Å². The first-order valence-corrected chi connectivity index (χ1v) is 9.51. The average Bonchev–Trinajstić information content (AvgIpc) is 2.95. The minimum atomic E-state index is -0.679. The SMILES string of the molecule is CC(C)=CCN(C)CC1COC(C)(C(C)(C)COc2ccc(Cl)cc2)O1. The Balaban J connectivity index is 1.89. The van der Waals surface area contributed by atoms with Crippen LogP contribution in [0.5, 0.6) is 5.75 Å². The number of allylic oxidation sites excluding steroid dienone is 1. The van der Waals surface area contributed by atoms with Crippen molar-refractivity contribution < 1.29 is 14.2 Å². The molecular weight excluding hydrogens is 350 g/mol. The van der Waals surface area contributed by atoms with Crippen molar-refractivity contribution in [3.8, 4) is 5.75 Å². The number of benzene rings is 1. The molecule has 0 bridgehead atoms. The third kappa shape index (κ3) is 5.71. The number of ether oxygens (including phenoxy) is 3. The predicted molar refractivity (Wildman–Crippen MR) is 107 cm³/mol. The highest BCUT2D eigenvalue weighted by Crippen LogP contribution is 2.40. The molecule has 0 radical (unpaired) electrons. The van der Waals surface area contributed by atoms with Crippen molar-refractivity contribution in [3.63, 3.8) is 0 Å². The summed E-state index contributed by atoms with van der Waals surface area (Å²) in [6.07, 6.45) is 2.28. The van der Waals surface area contributed by atoms with Gasteiger partial charge in [0.25, 0.3) is 0 Å². The van der Waals surface area contributed by atoms with Gasteiger partial charge in [0.15, 0.2) is 5.79 Å². The molecular formula is C21H32ClNO3. The van der Waals surface area contributed by atoms with Crippen LogP contribution in [0.2, 0.25) is 5.02 Å². The highest BCUT2D eigenvalue weighted by molar-refractivity contribution is 6.30. The molecule has 4 nitrogen and oxygen atoms in total. The van der Waals surface area contributed by atoms with Crippen LogP contribution in [0.1, 0.15) is 34.6 Å². The highest BCUT2D eigenvalue weighted by atomic mass is 35.5. The largest absolute Gasteiger partial charge is 0.493 e. The zero-order chi connectivity index (χ0) is 19.4.